The quantitative estimate of drug-likeness (QED) is 0.604. The molecule has 0 aliphatic heterocycles. The molecular weight excluding hydrogens is 344 g/mol. The summed E-state index contributed by atoms with van der Waals surface area (Å²) in [6.07, 6.45) is 0. The van der Waals surface area contributed by atoms with Crippen LogP contribution >= 0.6 is 22.7 Å². The number of thiazole rings is 1. The zero-order valence-corrected chi connectivity index (χ0v) is 14.9. The van der Waals surface area contributed by atoms with E-state index in [0.29, 0.717) is 15.8 Å². The van der Waals surface area contributed by atoms with Gasteiger partial charge in [-0.2, -0.15) is 5.10 Å². The van der Waals surface area contributed by atoms with Gasteiger partial charge in [-0.25, -0.2) is 4.98 Å². The molecule has 0 fully saturated rings. The first-order valence-corrected chi connectivity index (χ1v) is 8.88. The van der Waals surface area contributed by atoms with E-state index < -0.39 is 0 Å². The van der Waals surface area contributed by atoms with Gasteiger partial charge in [0.2, 0.25) is 0 Å². The maximum Gasteiger partial charge on any atom is 0.267 e. The molecule has 0 radical (unpaired) electrons. The second-order valence-corrected chi connectivity index (χ2v) is 7.38. The van der Waals surface area contributed by atoms with Crippen LogP contribution in [0.3, 0.4) is 0 Å². The van der Waals surface area contributed by atoms with Crippen molar-refractivity contribution in [2.75, 3.05) is 12.4 Å². The maximum absolute atomic E-state index is 12.5. The fourth-order valence-electron chi connectivity index (χ4n) is 2.62. The summed E-state index contributed by atoms with van der Waals surface area (Å²) < 4.78 is 8.08. The Bertz CT molecular complexity index is 1040. The van der Waals surface area contributed by atoms with E-state index in [2.05, 4.69) is 15.4 Å². The number of methoxy groups -OCH3 is 1. The predicted octanol–water partition coefficient (Wildman–Crippen LogP) is 3.81. The highest BCUT2D eigenvalue weighted by Crippen LogP contribution is 2.33. The number of rotatable bonds is 3. The van der Waals surface area contributed by atoms with Crippen molar-refractivity contribution in [1.82, 2.24) is 14.8 Å². The minimum Gasteiger partial charge on any atom is -0.494 e. The van der Waals surface area contributed by atoms with Gasteiger partial charge in [0.05, 0.1) is 22.4 Å². The van der Waals surface area contributed by atoms with Crippen LogP contribution in [0.15, 0.2) is 24.3 Å². The number of carbonyl (C=O) groups is 1. The molecule has 1 amide bonds. The molecule has 4 aromatic rings. The van der Waals surface area contributed by atoms with Gasteiger partial charge in [0.15, 0.2) is 5.13 Å². The first-order chi connectivity index (χ1) is 11.6. The lowest BCUT2D eigenvalue weighted by Crippen LogP contribution is -2.09. The third-order valence-corrected chi connectivity index (χ3v) is 5.88. The molecule has 0 saturated carbocycles. The summed E-state index contributed by atoms with van der Waals surface area (Å²) in [7, 11) is 3.49. The number of thiophene rings is 1. The summed E-state index contributed by atoms with van der Waals surface area (Å²) in [5, 5.41) is 8.81. The summed E-state index contributed by atoms with van der Waals surface area (Å²) in [6.45, 7) is 1.94. The van der Waals surface area contributed by atoms with Crippen LogP contribution in [0, 0.1) is 6.92 Å². The summed E-state index contributed by atoms with van der Waals surface area (Å²) in [5.41, 5.74) is 1.68. The van der Waals surface area contributed by atoms with E-state index in [1.807, 2.05) is 38.2 Å². The number of amides is 1. The fourth-order valence-corrected chi connectivity index (χ4v) is 4.51. The van der Waals surface area contributed by atoms with Gasteiger partial charge in [-0.05, 0) is 25.1 Å². The maximum atomic E-state index is 12.5. The third-order valence-electron chi connectivity index (χ3n) is 3.74. The lowest BCUT2D eigenvalue weighted by Gasteiger charge is -1.99. The van der Waals surface area contributed by atoms with Crippen molar-refractivity contribution in [2.45, 2.75) is 6.92 Å². The zero-order chi connectivity index (χ0) is 16.8. The van der Waals surface area contributed by atoms with Crippen molar-refractivity contribution >= 4 is 54.1 Å². The molecule has 0 spiro atoms. The van der Waals surface area contributed by atoms with Gasteiger partial charge in [0.1, 0.15) is 16.1 Å². The van der Waals surface area contributed by atoms with Crippen molar-refractivity contribution < 1.29 is 9.53 Å². The highest BCUT2D eigenvalue weighted by molar-refractivity contribution is 7.23. The van der Waals surface area contributed by atoms with Crippen LogP contribution < -0.4 is 10.1 Å². The van der Waals surface area contributed by atoms with Gasteiger partial charge < -0.3 is 4.74 Å². The Morgan fingerprint density at radius 1 is 1.33 bits per heavy atom. The summed E-state index contributed by atoms with van der Waals surface area (Å²) in [4.78, 5) is 18.7. The minimum atomic E-state index is -0.159. The number of carbonyl (C=O) groups excluding carboxylic acids is 1. The number of para-hydroxylation sites is 1. The van der Waals surface area contributed by atoms with Gasteiger partial charge in [-0.15, -0.1) is 11.3 Å². The number of hydrogen-bond acceptors (Lipinski definition) is 6. The molecule has 24 heavy (non-hydrogen) atoms. The largest absolute Gasteiger partial charge is 0.494 e. The topological polar surface area (TPSA) is 69.0 Å². The van der Waals surface area contributed by atoms with Gasteiger partial charge in [0.25, 0.3) is 5.91 Å². The summed E-state index contributed by atoms with van der Waals surface area (Å²) in [6, 6.07) is 7.60. The Labute approximate surface area is 145 Å². The molecule has 1 N–H and O–H groups in total. The van der Waals surface area contributed by atoms with E-state index in [4.69, 9.17) is 4.74 Å². The van der Waals surface area contributed by atoms with Gasteiger partial charge in [-0.1, -0.05) is 17.4 Å². The van der Waals surface area contributed by atoms with Crippen LogP contribution in [0.1, 0.15) is 15.4 Å². The van der Waals surface area contributed by atoms with Crippen LogP contribution in [0.25, 0.3) is 20.4 Å². The number of benzene rings is 1. The van der Waals surface area contributed by atoms with E-state index in [-0.39, 0.29) is 5.91 Å². The number of fused-ring (bicyclic) bond motifs is 2. The normalized spacial score (nSPS) is 11.3. The molecular formula is C16H14N4O2S2. The highest BCUT2D eigenvalue weighted by atomic mass is 32.1. The van der Waals surface area contributed by atoms with Crippen LogP contribution in [0.4, 0.5) is 5.13 Å². The first-order valence-electron chi connectivity index (χ1n) is 7.25. The van der Waals surface area contributed by atoms with Crippen molar-refractivity contribution in [3.8, 4) is 5.75 Å². The fraction of sp³-hybridized carbons (Fsp3) is 0.188. The molecule has 122 valence electrons. The third kappa shape index (κ3) is 2.35. The van der Waals surface area contributed by atoms with Crippen LogP contribution in [0.5, 0.6) is 5.75 Å². The lowest BCUT2D eigenvalue weighted by atomic mass is 10.3. The van der Waals surface area contributed by atoms with Gasteiger partial charge in [-0.3, -0.25) is 14.8 Å². The van der Waals surface area contributed by atoms with Crippen LogP contribution in [0.2, 0.25) is 0 Å². The summed E-state index contributed by atoms with van der Waals surface area (Å²) in [5.74, 6) is 0.543. The second kappa shape index (κ2) is 5.57. The Hall–Kier alpha value is -2.45. The van der Waals surface area contributed by atoms with Crippen LogP contribution in [-0.4, -0.2) is 27.8 Å². The number of anilines is 1. The smallest absolute Gasteiger partial charge is 0.267 e. The van der Waals surface area contributed by atoms with E-state index in [1.165, 1.54) is 22.7 Å². The monoisotopic (exact) mass is 358 g/mol. The first kappa shape index (κ1) is 15.1. The van der Waals surface area contributed by atoms with Gasteiger partial charge >= 0.3 is 0 Å². The Morgan fingerprint density at radius 3 is 2.92 bits per heavy atom. The van der Waals surface area contributed by atoms with Crippen molar-refractivity contribution in [3.63, 3.8) is 0 Å². The molecule has 0 aliphatic carbocycles. The Kier molecular flexibility index (Phi) is 3.50. The average Bonchev–Trinajstić information content (AvgIpc) is 3.23. The highest BCUT2D eigenvalue weighted by Gasteiger charge is 2.17. The SMILES string of the molecule is COc1cccc2sc(NC(=O)c3cc4c(C)nn(C)c4s3)nc12. The molecule has 3 heterocycles. The predicted molar refractivity (Wildman–Crippen MR) is 97.5 cm³/mol. The molecule has 4 rings (SSSR count). The van der Waals surface area contributed by atoms with Crippen molar-refractivity contribution in [2.24, 2.45) is 7.05 Å². The zero-order valence-electron chi connectivity index (χ0n) is 13.3. The van der Waals surface area contributed by atoms with Crippen molar-refractivity contribution in [3.05, 3.63) is 34.8 Å². The Balaban J connectivity index is 1.66. The number of nitrogens with one attached hydrogen (secondary N) is 1. The number of nitrogens with zero attached hydrogens (tertiary/aromatic N) is 3. The summed E-state index contributed by atoms with van der Waals surface area (Å²) >= 11 is 2.86. The van der Waals surface area contributed by atoms with E-state index in [9.17, 15) is 4.79 Å². The molecule has 6 nitrogen and oxygen atoms in total. The average molecular weight is 358 g/mol. The van der Waals surface area contributed by atoms with Crippen LogP contribution in [-0.2, 0) is 7.05 Å². The number of hydrogen-bond donors (Lipinski definition) is 1. The number of aryl methyl sites for hydroxylation is 2. The Morgan fingerprint density at radius 2 is 2.17 bits per heavy atom. The molecule has 3 aromatic heterocycles. The van der Waals surface area contributed by atoms with Crippen molar-refractivity contribution in [1.29, 1.82) is 0 Å². The lowest BCUT2D eigenvalue weighted by molar-refractivity contribution is 0.103. The van der Waals surface area contributed by atoms with E-state index in [1.54, 1.807) is 11.8 Å². The van der Waals surface area contributed by atoms with Gasteiger partial charge in [0, 0.05) is 12.4 Å². The molecule has 0 atom stereocenters. The number of aromatic nitrogens is 3. The second-order valence-electron chi connectivity index (χ2n) is 5.32. The molecule has 1 aromatic carbocycles. The molecule has 0 aliphatic rings. The molecule has 0 bridgehead atoms. The molecule has 0 saturated heterocycles. The van der Waals surface area contributed by atoms with E-state index in [0.717, 1.165) is 26.1 Å². The number of ether oxygens (including phenoxy) is 1. The minimum absolute atomic E-state index is 0.159. The van der Waals surface area contributed by atoms with E-state index >= 15 is 0 Å². The standard InChI is InChI=1S/C16H14N4O2S2/c1-8-9-7-12(23-15(9)20(2)19-8)14(21)18-16-17-13-10(22-3)5-4-6-11(13)24-16/h4-7H,1-3H3,(H,17,18,21). The molecule has 8 heteroatoms. The molecule has 0 unspecified atom stereocenters.